The standard InChI is InChI=1S/C21H24N2O3S/c1-15-7-9-19(27-15)18(24)8-10-20(25)23-13-11-17(12-14-23)22-21(26)16-5-3-2-4-6-16/h2-7,9,17H,8,10-14H2,1H3,(H,22,26). The number of carbonyl (C=O) groups is 3. The van der Waals surface area contributed by atoms with Gasteiger partial charge in [0.1, 0.15) is 0 Å². The third-order valence-corrected chi connectivity index (χ3v) is 5.84. The lowest BCUT2D eigenvalue weighted by atomic mass is 10.0. The monoisotopic (exact) mass is 384 g/mol. The van der Waals surface area contributed by atoms with Crippen molar-refractivity contribution in [3.05, 3.63) is 57.8 Å². The van der Waals surface area contributed by atoms with Crippen LogP contribution in [-0.4, -0.2) is 41.6 Å². The molecule has 0 bridgehead atoms. The Labute approximate surface area is 163 Å². The first-order valence-electron chi connectivity index (χ1n) is 9.26. The zero-order valence-electron chi connectivity index (χ0n) is 15.4. The first-order valence-corrected chi connectivity index (χ1v) is 10.1. The number of hydrogen-bond acceptors (Lipinski definition) is 4. The van der Waals surface area contributed by atoms with Crippen LogP contribution in [0.3, 0.4) is 0 Å². The Balaban J connectivity index is 1.41. The predicted octanol–water partition coefficient (Wildman–Crippen LogP) is 3.44. The number of piperidine rings is 1. The molecule has 3 rings (SSSR count). The van der Waals surface area contributed by atoms with E-state index in [1.165, 1.54) is 11.3 Å². The summed E-state index contributed by atoms with van der Waals surface area (Å²) in [5.41, 5.74) is 0.651. The molecule has 27 heavy (non-hydrogen) atoms. The number of amides is 2. The van der Waals surface area contributed by atoms with Crippen molar-refractivity contribution in [2.75, 3.05) is 13.1 Å². The van der Waals surface area contributed by atoms with Crippen molar-refractivity contribution in [3.63, 3.8) is 0 Å². The Bertz CT molecular complexity index is 808. The van der Waals surface area contributed by atoms with Gasteiger partial charge < -0.3 is 10.2 Å². The van der Waals surface area contributed by atoms with Crippen LogP contribution in [0.15, 0.2) is 42.5 Å². The van der Waals surface area contributed by atoms with Gasteiger partial charge >= 0.3 is 0 Å². The van der Waals surface area contributed by atoms with E-state index in [0.717, 1.165) is 22.6 Å². The number of benzene rings is 1. The van der Waals surface area contributed by atoms with E-state index >= 15 is 0 Å². The maximum atomic E-state index is 12.4. The summed E-state index contributed by atoms with van der Waals surface area (Å²) in [7, 11) is 0. The van der Waals surface area contributed by atoms with Gasteiger partial charge in [0.2, 0.25) is 5.91 Å². The zero-order valence-corrected chi connectivity index (χ0v) is 16.3. The van der Waals surface area contributed by atoms with Gasteiger partial charge in [-0.3, -0.25) is 14.4 Å². The quantitative estimate of drug-likeness (QED) is 0.776. The summed E-state index contributed by atoms with van der Waals surface area (Å²) in [6, 6.07) is 13.0. The number of aryl methyl sites for hydroxylation is 1. The van der Waals surface area contributed by atoms with Crippen LogP contribution < -0.4 is 5.32 Å². The number of likely N-dealkylation sites (tertiary alicyclic amines) is 1. The van der Waals surface area contributed by atoms with Crippen molar-refractivity contribution in [3.8, 4) is 0 Å². The van der Waals surface area contributed by atoms with Crippen LogP contribution in [0.25, 0.3) is 0 Å². The van der Waals surface area contributed by atoms with Crippen LogP contribution in [0.4, 0.5) is 0 Å². The Hall–Kier alpha value is -2.47. The van der Waals surface area contributed by atoms with Crippen molar-refractivity contribution >= 4 is 28.9 Å². The summed E-state index contributed by atoms with van der Waals surface area (Å²) in [5.74, 6) is -0.0202. The molecule has 2 aromatic rings. The van der Waals surface area contributed by atoms with Crippen molar-refractivity contribution in [1.82, 2.24) is 10.2 Å². The molecule has 142 valence electrons. The molecule has 2 heterocycles. The van der Waals surface area contributed by atoms with Gasteiger partial charge in [0, 0.05) is 42.4 Å². The topological polar surface area (TPSA) is 66.5 Å². The molecule has 2 amide bonds. The van der Waals surface area contributed by atoms with Gasteiger partial charge in [0.15, 0.2) is 5.78 Å². The van der Waals surface area contributed by atoms with Crippen molar-refractivity contribution in [2.45, 2.75) is 38.6 Å². The van der Waals surface area contributed by atoms with Gasteiger partial charge in [0.05, 0.1) is 4.88 Å². The van der Waals surface area contributed by atoms with E-state index in [1.807, 2.05) is 37.3 Å². The lowest BCUT2D eigenvalue weighted by Crippen LogP contribution is -2.46. The average molecular weight is 385 g/mol. The zero-order chi connectivity index (χ0) is 19.2. The Morgan fingerprint density at radius 3 is 2.37 bits per heavy atom. The first kappa shape index (κ1) is 19.3. The number of nitrogens with one attached hydrogen (secondary N) is 1. The Morgan fingerprint density at radius 1 is 1.04 bits per heavy atom. The van der Waals surface area contributed by atoms with Gasteiger partial charge in [-0.05, 0) is 44.0 Å². The van der Waals surface area contributed by atoms with E-state index in [0.29, 0.717) is 18.7 Å². The maximum Gasteiger partial charge on any atom is 0.251 e. The average Bonchev–Trinajstić information content (AvgIpc) is 3.13. The molecule has 6 heteroatoms. The number of thiophene rings is 1. The number of hydrogen-bond donors (Lipinski definition) is 1. The normalized spacial score (nSPS) is 14.8. The third-order valence-electron chi connectivity index (χ3n) is 4.80. The summed E-state index contributed by atoms with van der Waals surface area (Å²) in [6.45, 7) is 3.20. The molecule has 1 aliphatic rings. The van der Waals surface area contributed by atoms with Crippen LogP contribution in [0.1, 0.15) is 50.6 Å². The third kappa shape index (κ3) is 5.26. The minimum Gasteiger partial charge on any atom is -0.349 e. The lowest BCUT2D eigenvalue weighted by molar-refractivity contribution is -0.132. The molecule has 1 aromatic carbocycles. The van der Waals surface area contributed by atoms with E-state index in [-0.39, 0.29) is 36.5 Å². The second-order valence-electron chi connectivity index (χ2n) is 6.83. The molecule has 0 atom stereocenters. The predicted molar refractivity (Wildman–Crippen MR) is 106 cm³/mol. The number of ketones is 1. The largest absolute Gasteiger partial charge is 0.349 e. The van der Waals surface area contributed by atoms with E-state index in [2.05, 4.69) is 5.32 Å². The first-order chi connectivity index (χ1) is 13.0. The molecule has 0 unspecified atom stereocenters. The number of Topliss-reactive ketones (excluding diaryl/α,β-unsaturated/α-hetero) is 1. The highest BCUT2D eigenvalue weighted by atomic mass is 32.1. The fourth-order valence-electron chi connectivity index (χ4n) is 3.22. The summed E-state index contributed by atoms with van der Waals surface area (Å²) in [4.78, 5) is 40.4. The van der Waals surface area contributed by atoms with Crippen molar-refractivity contribution < 1.29 is 14.4 Å². The second kappa shape index (κ2) is 8.95. The Kier molecular flexibility index (Phi) is 6.40. The smallest absolute Gasteiger partial charge is 0.251 e. The van der Waals surface area contributed by atoms with Gasteiger partial charge in [-0.1, -0.05) is 18.2 Å². The van der Waals surface area contributed by atoms with E-state index < -0.39 is 0 Å². The van der Waals surface area contributed by atoms with Gasteiger partial charge in [-0.2, -0.15) is 0 Å². The van der Waals surface area contributed by atoms with Gasteiger partial charge in [-0.25, -0.2) is 0 Å². The molecule has 1 N–H and O–H groups in total. The van der Waals surface area contributed by atoms with Crippen LogP contribution >= 0.6 is 11.3 Å². The maximum absolute atomic E-state index is 12.4. The van der Waals surface area contributed by atoms with E-state index in [1.54, 1.807) is 17.0 Å². The van der Waals surface area contributed by atoms with Gasteiger partial charge in [0.25, 0.3) is 5.91 Å². The molecule has 1 aliphatic heterocycles. The highest BCUT2D eigenvalue weighted by Crippen LogP contribution is 2.18. The molecule has 0 spiro atoms. The molecular weight excluding hydrogens is 360 g/mol. The summed E-state index contributed by atoms with van der Waals surface area (Å²) < 4.78 is 0. The molecule has 5 nitrogen and oxygen atoms in total. The highest BCUT2D eigenvalue weighted by molar-refractivity contribution is 7.14. The fourth-order valence-corrected chi connectivity index (χ4v) is 4.05. The molecule has 1 aromatic heterocycles. The summed E-state index contributed by atoms with van der Waals surface area (Å²) in [6.07, 6.45) is 1.98. The molecule has 1 saturated heterocycles. The van der Waals surface area contributed by atoms with Crippen molar-refractivity contribution in [2.24, 2.45) is 0 Å². The number of rotatable bonds is 6. The SMILES string of the molecule is Cc1ccc(C(=O)CCC(=O)N2CCC(NC(=O)c3ccccc3)CC2)s1. The number of nitrogens with zero attached hydrogens (tertiary/aromatic N) is 1. The molecule has 1 fully saturated rings. The van der Waals surface area contributed by atoms with E-state index in [9.17, 15) is 14.4 Å². The molecule has 0 saturated carbocycles. The number of carbonyl (C=O) groups excluding carboxylic acids is 3. The van der Waals surface area contributed by atoms with Crippen LogP contribution in [0.2, 0.25) is 0 Å². The summed E-state index contributed by atoms with van der Waals surface area (Å²) in [5, 5.41) is 3.04. The van der Waals surface area contributed by atoms with Crippen LogP contribution in [0.5, 0.6) is 0 Å². The minimum atomic E-state index is -0.0720. The molecule has 0 radical (unpaired) electrons. The van der Waals surface area contributed by atoms with Crippen LogP contribution in [0, 0.1) is 6.92 Å². The molecular formula is C21H24N2O3S. The summed E-state index contributed by atoms with van der Waals surface area (Å²) >= 11 is 1.47. The fraction of sp³-hybridized carbons (Fsp3) is 0.381. The van der Waals surface area contributed by atoms with E-state index in [4.69, 9.17) is 0 Å². The Morgan fingerprint density at radius 2 is 1.74 bits per heavy atom. The highest BCUT2D eigenvalue weighted by Gasteiger charge is 2.24. The van der Waals surface area contributed by atoms with Crippen molar-refractivity contribution in [1.29, 1.82) is 0 Å². The van der Waals surface area contributed by atoms with Gasteiger partial charge in [-0.15, -0.1) is 11.3 Å². The minimum absolute atomic E-state index is 0.0180. The molecule has 0 aliphatic carbocycles. The second-order valence-corrected chi connectivity index (χ2v) is 8.12. The lowest BCUT2D eigenvalue weighted by Gasteiger charge is -2.32. The van der Waals surface area contributed by atoms with Crippen LogP contribution in [-0.2, 0) is 4.79 Å².